The van der Waals surface area contributed by atoms with E-state index in [0.29, 0.717) is 23.1 Å². The molecule has 1 aromatic heterocycles. The average Bonchev–Trinajstić information content (AvgIpc) is 2.88. The summed E-state index contributed by atoms with van der Waals surface area (Å²) in [6.45, 7) is 4.12. The van der Waals surface area contributed by atoms with Crippen molar-refractivity contribution in [2.75, 3.05) is 6.54 Å². The predicted octanol–water partition coefficient (Wildman–Crippen LogP) is 3.10. The number of halogens is 1. The molecule has 0 amide bonds. The van der Waals surface area contributed by atoms with Gasteiger partial charge in [0.05, 0.1) is 18.0 Å². The van der Waals surface area contributed by atoms with Crippen LogP contribution in [-0.2, 0) is 13.1 Å². The lowest BCUT2D eigenvalue weighted by Crippen LogP contribution is -2.18. The summed E-state index contributed by atoms with van der Waals surface area (Å²) in [5.74, 6) is 0.876. The van der Waals surface area contributed by atoms with Gasteiger partial charge in [-0.3, -0.25) is 10.1 Å². The van der Waals surface area contributed by atoms with Gasteiger partial charge in [-0.2, -0.15) is 0 Å². The second kappa shape index (κ2) is 7.33. The Morgan fingerprint density at radius 3 is 3.00 bits per heavy atom. The van der Waals surface area contributed by atoms with Crippen molar-refractivity contribution in [2.24, 2.45) is 0 Å². The molecule has 0 radical (unpaired) electrons. The van der Waals surface area contributed by atoms with E-state index < -0.39 is 0 Å². The van der Waals surface area contributed by atoms with Gasteiger partial charge in [0.25, 0.3) is 5.69 Å². The first kappa shape index (κ1) is 15.7. The van der Waals surface area contributed by atoms with Gasteiger partial charge in [-0.25, -0.2) is 4.98 Å². The molecular weight excluding hydrogens is 336 g/mol. The van der Waals surface area contributed by atoms with E-state index in [-0.39, 0.29) is 10.6 Å². The van der Waals surface area contributed by atoms with Crippen molar-refractivity contribution in [3.05, 3.63) is 56.6 Å². The van der Waals surface area contributed by atoms with Crippen LogP contribution in [-0.4, -0.2) is 21.0 Å². The van der Waals surface area contributed by atoms with E-state index in [0.717, 1.165) is 18.8 Å². The number of rotatable bonds is 7. The van der Waals surface area contributed by atoms with E-state index in [1.807, 2.05) is 16.8 Å². The minimum absolute atomic E-state index is 0.116. The molecule has 1 aromatic carbocycles. The first-order valence-electron chi connectivity index (χ1n) is 6.75. The van der Waals surface area contributed by atoms with E-state index in [4.69, 9.17) is 0 Å². The summed E-state index contributed by atoms with van der Waals surface area (Å²) in [5, 5.41) is 14.4. The Bertz CT molecular complexity index is 627. The summed E-state index contributed by atoms with van der Waals surface area (Å²) < 4.78 is 2.63. The maximum atomic E-state index is 11.1. The first-order valence-corrected chi connectivity index (χ1v) is 7.54. The minimum Gasteiger partial charge on any atom is -0.329 e. The van der Waals surface area contributed by atoms with Crippen LogP contribution in [0.2, 0.25) is 0 Å². The maximum absolute atomic E-state index is 11.1. The molecule has 112 valence electrons. The lowest BCUT2D eigenvalue weighted by Gasteiger charge is -2.09. The van der Waals surface area contributed by atoms with E-state index >= 15 is 0 Å². The van der Waals surface area contributed by atoms with E-state index in [1.165, 1.54) is 6.07 Å². The number of benzene rings is 1. The van der Waals surface area contributed by atoms with E-state index in [2.05, 4.69) is 33.2 Å². The third-order valence-electron chi connectivity index (χ3n) is 3.10. The zero-order valence-electron chi connectivity index (χ0n) is 11.8. The molecule has 1 heterocycles. The summed E-state index contributed by atoms with van der Waals surface area (Å²) in [4.78, 5) is 15.1. The first-order chi connectivity index (χ1) is 10.1. The highest BCUT2D eigenvalue weighted by Crippen LogP contribution is 2.24. The second-order valence-electron chi connectivity index (χ2n) is 4.68. The highest BCUT2D eigenvalue weighted by atomic mass is 79.9. The molecule has 0 atom stereocenters. The zero-order valence-corrected chi connectivity index (χ0v) is 13.3. The van der Waals surface area contributed by atoms with Crippen LogP contribution in [0.3, 0.4) is 0 Å². The van der Waals surface area contributed by atoms with E-state index in [9.17, 15) is 10.1 Å². The van der Waals surface area contributed by atoms with Crippen molar-refractivity contribution in [3.63, 3.8) is 0 Å². The molecule has 0 fully saturated rings. The van der Waals surface area contributed by atoms with Gasteiger partial charge in [0, 0.05) is 28.5 Å². The summed E-state index contributed by atoms with van der Waals surface area (Å²) in [5.41, 5.74) is 0.781. The zero-order chi connectivity index (χ0) is 15.2. The van der Waals surface area contributed by atoms with Crippen LogP contribution in [0.25, 0.3) is 0 Å². The van der Waals surface area contributed by atoms with Crippen molar-refractivity contribution >= 4 is 21.6 Å². The Morgan fingerprint density at radius 1 is 1.48 bits per heavy atom. The monoisotopic (exact) mass is 352 g/mol. The molecule has 0 unspecified atom stereocenters. The van der Waals surface area contributed by atoms with Gasteiger partial charge in [0.15, 0.2) is 0 Å². The van der Waals surface area contributed by atoms with Crippen molar-refractivity contribution in [3.8, 4) is 0 Å². The van der Waals surface area contributed by atoms with Crippen molar-refractivity contribution in [1.29, 1.82) is 0 Å². The number of nitro groups is 1. The molecule has 21 heavy (non-hydrogen) atoms. The molecule has 0 saturated heterocycles. The Labute approximate surface area is 131 Å². The normalized spacial score (nSPS) is 10.8. The van der Waals surface area contributed by atoms with Gasteiger partial charge in [-0.05, 0) is 25.1 Å². The molecule has 0 spiro atoms. The third-order valence-corrected chi connectivity index (χ3v) is 3.59. The Kier molecular flexibility index (Phi) is 5.46. The van der Waals surface area contributed by atoms with Crippen LogP contribution >= 0.6 is 15.9 Å². The van der Waals surface area contributed by atoms with Gasteiger partial charge >= 0.3 is 0 Å². The molecule has 0 saturated carbocycles. The summed E-state index contributed by atoms with van der Waals surface area (Å²) in [7, 11) is 0. The fraction of sp³-hybridized carbons (Fsp3) is 0.357. The van der Waals surface area contributed by atoms with Gasteiger partial charge in [-0.1, -0.05) is 22.9 Å². The number of nitrogens with zero attached hydrogens (tertiary/aromatic N) is 3. The van der Waals surface area contributed by atoms with Crippen LogP contribution in [0.1, 0.15) is 24.7 Å². The molecule has 1 N–H and O–H groups in total. The number of aromatic nitrogens is 2. The summed E-state index contributed by atoms with van der Waals surface area (Å²) >= 11 is 3.27. The molecule has 0 aliphatic rings. The average molecular weight is 353 g/mol. The fourth-order valence-corrected chi connectivity index (χ4v) is 2.40. The van der Waals surface area contributed by atoms with Crippen molar-refractivity contribution in [1.82, 2.24) is 14.9 Å². The number of imidazole rings is 1. The Hall–Kier alpha value is -1.73. The minimum atomic E-state index is -0.355. The third kappa shape index (κ3) is 4.12. The maximum Gasteiger partial charge on any atom is 0.275 e. The molecule has 0 aliphatic heterocycles. The molecule has 7 heteroatoms. The van der Waals surface area contributed by atoms with Gasteiger partial charge in [0.1, 0.15) is 5.82 Å². The largest absolute Gasteiger partial charge is 0.329 e. The van der Waals surface area contributed by atoms with Crippen LogP contribution < -0.4 is 5.32 Å². The summed E-state index contributed by atoms with van der Waals surface area (Å²) in [6, 6.07) is 5.11. The number of hydrogen-bond donors (Lipinski definition) is 1. The van der Waals surface area contributed by atoms with E-state index in [1.54, 1.807) is 12.3 Å². The Balaban J connectivity index is 2.19. The van der Waals surface area contributed by atoms with Crippen LogP contribution in [0.15, 0.2) is 35.1 Å². The second-order valence-corrected chi connectivity index (χ2v) is 5.59. The lowest BCUT2D eigenvalue weighted by molar-refractivity contribution is -0.385. The van der Waals surface area contributed by atoms with Gasteiger partial charge < -0.3 is 9.88 Å². The smallest absolute Gasteiger partial charge is 0.275 e. The number of nitrogens with one attached hydrogen (secondary N) is 1. The van der Waals surface area contributed by atoms with Gasteiger partial charge in [0.2, 0.25) is 0 Å². The molecule has 0 aliphatic carbocycles. The lowest BCUT2D eigenvalue weighted by atomic mass is 10.2. The highest BCUT2D eigenvalue weighted by Gasteiger charge is 2.15. The van der Waals surface area contributed by atoms with Gasteiger partial charge in [-0.15, -0.1) is 0 Å². The van der Waals surface area contributed by atoms with Crippen molar-refractivity contribution in [2.45, 2.75) is 26.4 Å². The SMILES string of the molecule is CCCNCc1nccn1Cc1ccc(Br)cc1[N+](=O)[O-]. The van der Waals surface area contributed by atoms with Crippen LogP contribution in [0.4, 0.5) is 5.69 Å². The van der Waals surface area contributed by atoms with Crippen LogP contribution in [0, 0.1) is 10.1 Å². The molecule has 6 nitrogen and oxygen atoms in total. The fourth-order valence-electron chi connectivity index (χ4n) is 2.05. The topological polar surface area (TPSA) is 73.0 Å². The highest BCUT2D eigenvalue weighted by molar-refractivity contribution is 9.10. The van der Waals surface area contributed by atoms with Crippen molar-refractivity contribution < 1.29 is 4.92 Å². The molecule has 2 aromatic rings. The summed E-state index contributed by atoms with van der Waals surface area (Å²) in [6.07, 6.45) is 4.61. The predicted molar refractivity (Wildman–Crippen MR) is 84.1 cm³/mol. The van der Waals surface area contributed by atoms with Crippen LogP contribution in [0.5, 0.6) is 0 Å². The quantitative estimate of drug-likeness (QED) is 0.472. The number of nitro benzene ring substituents is 1. The molecular formula is C14H17BrN4O2. The Morgan fingerprint density at radius 2 is 2.29 bits per heavy atom. The molecule has 2 rings (SSSR count). The number of hydrogen-bond acceptors (Lipinski definition) is 4. The standard InChI is InChI=1S/C14H17BrN4O2/c1-2-5-16-9-14-17-6-7-18(14)10-11-3-4-12(15)8-13(11)19(20)21/h3-4,6-8,16H,2,5,9-10H2,1H3. The molecule has 0 bridgehead atoms.